The zero-order chi connectivity index (χ0) is 25.9. The molecule has 8 heteroatoms. The van der Waals surface area contributed by atoms with Crippen LogP contribution in [0.5, 0.6) is 0 Å². The van der Waals surface area contributed by atoms with E-state index in [1.807, 2.05) is 41.0 Å². The van der Waals surface area contributed by atoms with Crippen molar-refractivity contribution >= 4 is 23.6 Å². The molecule has 0 spiro atoms. The van der Waals surface area contributed by atoms with Crippen molar-refractivity contribution in [2.45, 2.75) is 25.7 Å². The molecule has 1 fully saturated rings. The van der Waals surface area contributed by atoms with Gasteiger partial charge in [-0.1, -0.05) is 78.9 Å². The summed E-state index contributed by atoms with van der Waals surface area (Å²) in [7, 11) is 3.08. The highest BCUT2D eigenvalue weighted by Gasteiger charge is 2.53. The summed E-state index contributed by atoms with van der Waals surface area (Å²) < 4.78 is 16.5. The number of hydrogen-bond acceptors (Lipinski definition) is 4. The SMILES string of the molecule is CN1C(=O)C2C(=NC(CN(Cc3ccccc3)Cc3ccccc3)=[N+]2Cc2ccccc2F)N(C)C1=O. The third kappa shape index (κ3) is 5.06. The van der Waals surface area contributed by atoms with Gasteiger partial charge in [0.25, 0.3) is 17.8 Å². The van der Waals surface area contributed by atoms with E-state index in [1.165, 1.54) is 18.0 Å². The fourth-order valence-electron chi connectivity index (χ4n) is 4.82. The molecule has 188 valence electrons. The van der Waals surface area contributed by atoms with Crippen LogP contribution in [-0.2, 0) is 24.4 Å². The number of urea groups is 1. The van der Waals surface area contributed by atoms with Crippen molar-refractivity contribution in [1.29, 1.82) is 0 Å². The van der Waals surface area contributed by atoms with E-state index in [4.69, 9.17) is 4.99 Å². The van der Waals surface area contributed by atoms with Gasteiger partial charge in [0.2, 0.25) is 0 Å². The average molecular weight is 499 g/mol. The number of halogens is 1. The van der Waals surface area contributed by atoms with Gasteiger partial charge in [-0.3, -0.25) is 19.5 Å². The minimum atomic E-state index is -0.794. The highest BCUT2D eigenvalue weighted by molar-refractivity contribution is 6.23. The van der Waals surface area contributed by atoms with E-state index in [1.54, 1.807) is 25.2 Å². The monoisotopic (exact) mass is 498 g/mol. The zero-order valence-electron chi connectivity index (χ0n) is 20.9. The minimum Gasteiger partial charge on any atom is -0.284 e. The second kappa shape index (κ2) is 10.4. The number of rotatable bonds is 8. The lowest BCUT2D eigenvalue weighted by atomic mass is 10.1. The van der Waals surface area contributed by atoms with Gasteiger partial charge in [0.15, 0.2) is 0 Å². The van der Waals surface area contributed by atoms with Gasteiger partial charge in [-0.2, -0.15) is 0 Å². The van der Waals surface area contributed by atoms with E-state index in [0.717, 1.165) is 16.0 Å². The van der Waals surface area contributed by atoms with Gasteiger partial charge >= 0.3 is 11.9 Å². The van der Waals surface area contributed by atoms with Gasteiger partial charge in [-0.25, -0.2) is 13.8 Å². The molecule has 0 bridgehead atoms. The Morgan fingerprint density at radius 3 is 1.97 bits per heavy atom. The predicted molar refractivity (Wildman–Crippen MR) is 140 cm³/mol. The van der Waals surface area contributed by atoms with Gasteiger partial charge in [0, 0.05) is 32.7 Å². The lowest BCUT2D eigenvalue weighted by molar-refractivity contribution is -0.552. The van der Waals surface area contributed by atoms with Gasteiger partial charge < -0.3 is 0 Å². The van der Waals surface area contributed by atoms with Crippen molar-refractivity contribution in [1.82, 2.24) is 14.7 Å². The minimum absolute atomic E-state index is 0.159. The number of aliphatic imine (C=N–C) groups is 1. The number of likely N-dealkylation sites (N-methyl/N-ethyl adjacent to an activating group) is 2. The Labute approximate surface area is 215 Å². The van der Waals surface area contributed by atoms with E-state index < -0.39 is 12.1 Å². The summed E-state index contributed by atoms with van der Waals surface area (Å²) in [6.45, 7) is 1.89. The van der Waals surface area contributed by atoms with Crippen LogP contribution in [0.3, 0.4) is 0 Å². The molecular weight excluding hydrogens is 469 g/mol. The molecule has 1 saturated heterocycles. The van der Waals surface area contributed by atoms with E-state index in [9.17, 15) is 14.0 Å². The maximum atomic E-state index is 14.7. The third-order valence-corrected chi connectivity index (χ3v) is 6.77. The first-order chi connectivity index (χ1) is 17.9. The zero-order valence-corrected chi connectivity index (χ0v) is 20.9. The van der Waals surface area contributed by atoms with Gasteiger partial charge in [0.1, 0.15) is 18.9 Å². The lowest BCUT2D eigenvalue weighted by Crippen LogP contribution is -2.61. The van der Waals surface area contributed by atoms with Crippen LogP contribution in [0.1, 0.15) is 16.7 Å². The molecule has 3 amide bonds. The summed E-state index contributed by atoms with van der Waals surface area (Å²) in [5.41, 5.74) is 2.75. The van der Waals surface area contributed by atoms with Gasteiger partial charge in [-0.15, -0.1) is 0 Å². The van der Waals surface area contributed by atoms with E-state index >= 15 is 0 Å². The molecule has 7 nitrogen and oxygen atoms in total. The number of nitrogens with zero attached hydrogens (tertiary/aromatic N) is 5. The van der Waals surface area contributed by atoms with Gasteiger partial charge in [-0.05, 0) is 22.2 Å². The van der Waals surface area contributed by atoms with Crippen LogP contribution in [0.25, 0.3) is 0 Å². The van der Waals surface area contributed by atoms with Crippen LogP contribution < -0.4 is 0 Å². The van der Waals surface area contributed by atoms with Crippen LogP contribution >= 0.6 is 0 Å². The summed E-state index contributed by atoms with van der Waals surface area (Å²) >= 11 is 0. The number of imide groups is 1. The number of amides is 3. The summed E-state index contributed by atoms with van der Waals surface area (Å²) in [4.78, 5) is 35.5. The number of hydrogen-bond donors (Lipinski definition) is 0. The van der Waals surface area contributed by atoms with Crippen molar-refractivity contribution in [3.05, 3.63) is 107 Å². The normalized spacial score (nSPS) is 17.5. The summed E-state index contributed by atoms with van der Waals surface area (Å²) in [5.74, 6) is 0.282. The topological polar surface area (TPSA) is 59.2 Å². The molecule has 0 radical (unpaired) electrons. The van der Waals surface area contributed by atoms with Crippen molar-refractivity contribution in [3.8, 4) is 0 Å². The highest BCUT2D eigenvalue weighted by Crippen LogP contribution is 2.22. The van der Waals surface area contributed by atoms with Crippen molar-refractivity contribution in [2.24, 2.45) is 4.99 Å². The number of carbonyl (C=O) groups is 2. The van der Waals surface area contributed by atoms with E-state index in [0.29, 0.717) is 36.9 Å². The van der Waals surface area contributed by atoms with Crippen molar-refractivity contribution in [2.75, 3.05) is 20.6 Å². The summed E-state index contributed by atoms with van der Waals surface area (Å²) in [6, 6.07) is 25.6. The van der Waals surface area contributed by atoms with E-state index in [2.05, 4.69) is 29.2 Å². The Kier molecular flexibility index (Phi) is 6.92. The highest BCUT2D eigenvalue weighted by atomic mass is 19.1. The molecular formula is C29H29FN5O2+. The van der Waals surface area contributed by atoms with Crippen molar-refractivity contribution < 1.29 is 18.6 Å². The molecule has 0 aliphatic carbocycles. The van der Waals surface area contributed by atoms with Gasteiger partial charge in [0.05, 0.1) is 0 Å². The number of carbonyl (C=O) groups excluding carboxylic acids is 2. The van der Waals surface area contributed by atoms with Crippen LogP contribution in [0.4, 0.5) is 9.18 Å². The molecule has 0 aromatic heterocycles. The first kappa shape index (κ1) is 24.5. The molecule has 3 aromatic rings. The molecule has 5 rings (SSSR count). The van der Waals surface area contributed by atoms with Crippen LogP contribution in [0.2, 0.25) is 0 Å². The van der Waals surface area contributed by atoms with Crippen molar-refractivity contribution in [3.63, 3.8) is 0 Å². The van der Waals surface area contributed by atoms with E-state index in [-0.39, 0.29) is 18.3 Å². The largest absolute Gasteiger partial charge is 0.333 e. The molecule has 37 heavy (non-hydrogen) atoms. The Balaban J connectivity index is 1.54. The second-order valence-corrected chi connectivity index (χ2v) is 9.36. The molecule has 0 N–H and O–H groups in total. The first-order valence-electron chi connectivity index (χ1n) is 12.2. The molecule has 1 atom stereocenters. The molecule has 2 aliphatic heterocycles. The number of amidine groups is 2. The molecule has 2 aliphatic rings. The molecule has 3 aromatic carbocycles. The maximum Gasteiger partial charge on any atom is 0.333 e. The summed E-state index contributed by atoms with van der Waals surface area (Å²) in [6.07, 6.45) is 0. The average Bonchev–Trinajstić information content (AvgIpc) is 3.26. The molecule has 0 saturated carbocycles. The van der Waals surface area contributed by atoms with Crippen LogP contribution in [-0.4, -0.2) is 69.6 Å². The Morgan fingerprint density at radius 1 is 0.811 bits per heavy atom. The van der Waals surface area contributed by atoms with Crippen LogP contribution in [0.15, 0.2) is 89.9 Å². The molecule has 2 heterocycles. The quantitative estimate of drug-likeness (QED) is 0.445. The molecule has 1 unspecified atom stereocenters. The second-order valence-electron chi connectivity index (χ2n) is 9.36. The number of fused-ring (bicyclic) bond motifs is 1. The standard InChI is InChI=1S/C29H29FN5O2/c1-32-27-26(28(36)33(2)29(32)37)35(19-23-15-9-10-16-24(23)30)25(31-27)20-34(17-21-11-5-3-6-12-21)18-22-13-7-4-8-14-22/h3-16,26H,17-20H2,1-2H3/q+1. The summed E-state index contributed by atoms with van der Waals surface area (Å²) in [5, 5.41) is 0. The first-order valence-corrected chi connectivity index (χ1v) is 12.2. The smallest absolute Gasteiger partial charge is 0.284 e. The predicted octanol–water partition coefficient (Wildman–Crippen LogP) is 3.74. The number of benzene rings is 3. The van der Waals surface area contributed by atoms with Crippen LogP contribution in [0, 0.1) is 5.82 Å². The Morgan fingerprint density at radius 2 is 1.38 bits per heavy atom. The maximum absolute atomic E-state index is 14.7. The Bertz CT molecular complexity index is 1330. The Hall–Kier alpha value is -4.17. The lowest BCUT2D eigenvalue weighted by Gasteiger charge is -2.30. The fraction of sp³-hybridized carbons (Fsp3) is 0.241. The fourth-order valence-corrected chi connectivity index (χ4v) is 4.82. The third-order valence-electron chi connectivity index (χ3n) is 6.77.